The fourth-order valence-corrected chi connectivity index (χ4v) is 1.30. The Morgan fingerprint density at radius 2 is 2.12 bits per heavy atom. The van der Waals surface area contributed by atoms with Crippen molar-refractivity contribution in [1.29, 1.82) is 0 Å². The highest BCUT2D eigenvalue weighted by molar-refractivity contribution is 5.47. The molecule has 0 fully saturated rings. The van der Waals surface area contributed by atoms with Crippen molar-refractivity contribution in [3.05, 3.63) is 24.0 Å². The van der Waals surface area contributed by atoms with Gasteiger partial charge >= 0.3 is 0 Å². The zero-order valence-electron chi connectivity index (χ0n) is 10.7. The fourth-order valence-electron chi connectivity index (χ4n) is 1.30. The predicted octanol–water partition coefficient (Wildman–Crippen LogP) is 2.62. The van der Waals surface area contributed by atoms with Crippen molar-refractivity contribution in [2.75, 3.05) is 25.0 Å². The van der Waals surface area contributed by atoms with Crippen molar-refractivity contribution in [1.82, 2.24) is 0 Å². The molecule has 17 heavy (non-hydrogen) atoms. The molecule has 0 bridgehead atoms. The molecular formula is C13H21FN2O. The molecule has 0 unspecified atom stereocenters. The Hall–Kier alpha value is -1.29. The second-order valence-electron chi connectivity index (χ2n) is 4.80. The summed E-state index contributed by atoms with van der Waals surface area (Å²) in [7, 11) is 0. The lowest BCUT2D eigenvalue weighted by molar-refractivity contribution is 0.321. The highest BCUT2D eigenvalue weighted by Gasteiger charge is 2.15. The number of rotatable bonds is 6. The number of hydrogen-bond acceptors (Lipinski definition) is 3. The Bertz CT molecular complexity index is 366. The summed E-state index contributed by atoms with van der Waals surface area (Å²) in [5.74, 6) is -0.0569. The molecule has 0 aliphatic heterocycles. The zero-order valence-corrected chi connectivity index (χ0v) is 10.7. The number of halogens is 1. The van der Waals surface area contributed by atoms with E-state index < -0.39 is 0 Å². The Kier molecular flexibility index (Phi) is 4.75. The van der Waals surface area contributed by atoms with Crippen LogP contribution >= 0.6 is 0 Å². The van der Waals surface area contributed by atoms with Crippen LogP contribution in [-0.4, -0.2) is 19.7 Å². The molecule has 4 heteroatoms. The van der Waals surface area contributed by atoms with Gasteiger partial charge in [-0.15, -0.1) is 0 Å². The summed E-state index contributed by atoms with van der Waals surface area (Å²) < 4.78 is 18.7. The van der Waals surface area contributed by atoms with E-state index in [1.54, 1.807) is 12.1 Å². The molecule has 1 aromatic rings. The first-order valence-corrected chi connectivity index (χ1v) is 5.85. The predicted molar refractivity (Wildman–Crippen MR) is 68.9 cm³/mol. The van der Waals surface area contributed by atoms with Gasteiger partial charge in [-0.2, -0.15) is 0 Å². The first-order valence-electron chi connectivity index (χ1n) is 5.85. The van der Waals surface area contributed by atoms with Crippen molar-refractivity contribution in [2.24, 2.45) is 11.1 Å². The van der Waals surface area contributed by atoms with Crippen molar-refractivity contribution < 1.29 is 9.13 Å². The van der Waals surface area contributed by atoms with E-state index in [1.807, 2.05) is 6.92 Å². The van der Waals surface area contributed by atoms with E-state index in [0.717, 1.165) is 5.69 Å². The summed E-state index contributed by atoms with van der Waals surface area (Å²) in [5, 5.41) is 3.17. The highest BCUT2D eigenvalue weighted by atomic mass is 19.1. The van der Waals surface area contributed by atoms with Gasteiger partial charge in [0.2, 0.25) is 0 Å². The van der Waals surface area contributed by atoms with E-state index in [-0.39, 0.29) is 17.0 Å². The summed E-state index contributed by atoms with van der Waals surface area (Å²) in [6, 6.07) is 4.88. The molecular weight excluding hydrogens is 219 g/mol. The molecule has 3 nitrogen and oxygen atoms in total. The van der Waals surface area contributed by atoms with Gasteiger partial charge in [-0.1, -0.05) is 13.8 Å². The maximum Gasteiger partial charge on any atom is 0.167 e. The minimum atomic E-state index is -0.345. The third-order valence-electron chi connectivity index (χ3n) is 2.56. The van der Waals surface area contributed by atoms with Crippen LogP contribution in [0.1, 0.15) is 20.8 Å². The van der Waals surface area contributed by atoms with Crippen molar-refractivity contribution in [2.45, 2.75) is 20.8 Å². The summed E-state index contributed by atoms with van der Waals surface area (Å²) >= 11 is 0. The summed E-state index contributed by atoms with van der Waals surface area (Å²) in [6.07, 6.45) is 0. The fraction of sp³-hybridized carbons (Fsp3) is 0.538. The van der Waals surface area contributed by atoms with Gasteiger partial charge < -0.3 is 15.8 Å². The summed E-state index contributed by atoms with van der Waals surface area (Å²) in [5.41, 5.74) is 6.37. The van der Waals surface area contributed by atoms with Crippen LogP contribution in [0.15, 0.2) is 18.2 Å². The van der Waals surface area contributed by atoms with Gasteiger partial charge in [0.05, 0.1) is 6.61 Å². The van der Waals surface area contributed by atoms with Crippen LogP contribution in [0.5, 0.6) is 5.75 Å². The standard InChI is InChI=1S/C13H21FN2O/c1-4-17-12-6-5-10(7-11(12)14)16-9-13(2,3)8-15/h5-7,16H,4,8-9,15H2,1-3H3. The second kappa shape index (κ2) is 5.87. The van der Waals surface area contributed by atoms with Crippen LogP contribution in [0.25, 0.3) is 0 Å². The van der Waals surface area contributed by atoms with Crippen LogP contribution in [0.3, 0.4) is 0 Å². The molecule has 0 spiro atoms. The van der Waals surface area contributed by atoms with E-state index in [9.17, 15) is 4.39 Å². The van der Waals surface area contributed by atoms with E-state index in [0.29, 0.717) is 19.7 Å². The molecule has 0 aliphatic rings. The number of nitrogens with two attached hydrogens (primary N) is 1. The molecule has 0 amide bonds. The molecule has 0 aromatic heterocycles. The first kappa shape index (κ1) is 13.8. The summed E-state index contributed by atoms with van der Waals surface area (Å²) in [4.78, 5) is 0. The minimum Gasteiger partial charge on any atom is -0.491 e. The van der Waals surface area contributed by atoms with Gasteiger partial charge in [0.25, 0.3) is 0 Å². The SMILES string of the molecule is CCOc1ccc(NCC(C)(C)CN)cc1F. The van der Waals surface area contributed by atoms with Gasteiger partial charge in [0.15, 0.2) is 11.6 Å². The molecule has 0 heterocycles. The lowest BCUT2D eigenvalue weighted by Crippen LogP contribution is -2.31. The van der Waals surface area contributed by atoms with Crippen LogP contribution < -0.4 is 15.8 Å². The number of ether oxygens (including phenoxy) is 1. The smallest absolute Gasteiger partial charge is 0.167 e. The average molecular weight is 240 g/mol. The van der Waals surface area contributed by atoms with E-state index in [2.05, 4.69) is 19.2 Å². The molecule has 1 rings (SSSR count). The number of benzene rings is 1. The van der Waals surface area contributed by atoms with Gasteiger partial charge in [-0.3, -0.25) is 0 Å². The van der Waals surface area contributed by atoms with E-state index in [4.69, 9.17) is 10.5 Å². The number of anilines is 1. The summed E-state index contributed by atoms with van der Waals surface area (Å²) in [6.45, 7) is 7.70. The first-order chi connectivity index (χ1) is 7.98. The van der Waals surface area contributed by atoms with Gasteiger partial charge in [-0.05, 0) is 31.0 Å². The normalized spacial score (nSPS) is 11.4. The third-order valence-corrected chi connectivity index (χ3v) is 2.56. The lowest BCUT2D eigenvalue weighted by atomic mass is 9.94. The molecule has 3 N–H and O–H groups in total. The molecule has 96 valence electrons. The Balaban J connectivity index is 2.64. The Morgan fingerprint density at radius 1 is 1.41 bits per heavy atom. The van der Waals surface area contributed by atoms with Crippen molar-refractivity contribution in [3.63, 3.8) is 0 Å². The largest absolute Gasteiger partial charge is 0.491 e. The monoisotopic (exact) mass is 240 g/mol. The molecule has 0 atom stereocenters. The second-order valence-corrected chi connectivity index (χ2v) is 4.80. The maximum absolute atomic E-state index is 13.5. The third kappa shape index (κ3) is 4.23. The zero-order chi connectivity index (χ0) is 12.9. The van der Waals surface area contributed by atoms with Crippen LogP contribution in [0.2, 0.25) is 0 Å². The Labute approximate surface area is 102 Å². The van der Waals surface area contributed by atoms with Crippen molar-refractivity contribution in [3.8, 4) is 5.75 Å². The van der Waals surface area contributed by atoms with E-state index >= 15 is 0 Å². The number of nitrogens with one attached hydrogen (secondary N) is 1. The van der Waals surface area contributed by atoms with Gasteiger partial charge in [0.1, 0.15) is 0 Å². The highest BCUT2D eigenvalue weighted by Crippen LogP contribution is 2.22. The molecule has 0 aliphatic carbocycles. The molecule has 0 saturated carbocycles. The topological polar surface area (TPSA) is 47.3 Å². The van der Waals surface area contributed by atoms with E-state index in [1.165, 1.54) is 6.07 Å². The lowest BCUT2D eigenvalue weighted by Gasteiger charge is -2.23. The molecule has 1 aromatic carbocycles. The Morgan fingerprint density at radius 3 is 2.65 bits per heavy atom. The van der Waals surface area contributed by atoms with Gasteiger partial charge in [-0.25, -0.2) is 4.39 Å². The van der Waals surface area contributed by atoms with Crippen molar-refractivity contribution >= 4 is 5.69 Å². The molecule has 0 saturated heterocycles. The molecule has 0 radical (unpaired) electrons. The minimum absolute atomic E-state index is 0.00489. The number of hydrogen-bond donors (Lipinski definition) is 2. The van der Waals surface area contributed by atoms with Crippen LogP contribution in [-0.2, 0) is 0 Å². The van der Waals surface area contributed by atoms with Gasteiger partial charge in [0, 0.05) is 18.3 Å². The maximum atomic E-state index is 13.5. The average Bonchev–Trinajstić information content (AvgIpc) is 2.30. The van der Waals surface area contributed by atoms with Crippen LogP contribution in [0.4, 0.5) is 10.1 Å². The quantitative estimate of drug-likeness (QED) is 0.803. The van der Waals surface area contributed by atoms with Crippen LogP contribution in [0, 0.1) is 11.2 Å².